The highest BCUT2D eigenvalue weighted by Crippen LogP contribution is 2.29. The third kappa shape index (κ3) is 2.85. The number of hydrogen-bond acceptors (Lipinski definition) is 4. The zero-order chi connectivity index (χ0) is 16.6. The molecule has 8 heteroatoms. The van der Waals surface area contributed by atoms with Gasteiger partial charge in [-0.25, -0.2) is 9.59 Å². The monoisotopic (exact) mass is 333 g/mol. The van der Waals surface area contributed by atoms with Gasteiger partial charge in [0.05, 0.1) is 18.1 Å². The third-order valence-electron chi connectivity index (χ3n) is 3.80. The van der Waals surface area contributed by atoms with E-state index in [1.165, 1.54) is 34.3 Å². The number of rotatable bonds is 4. The number of hydrogen-bond donors (Lipinski definition) is 1. The maximum absolute atomic E-state index is 12.2. The summed E-state index contributed by atoms with van der Waals surface area (Å²) in [4.78, 5) is 37.8. The van der Waals surface area contributed by atoms with Crippen LogP contribution in [0.3, 0.4) is 0 Å². The molecule has 1 atom stereocenters. The van der Waals surface area contributed by atoms with Gasteiger partial charge in [-0.15, -0.1) is 11.3 Å². The minimum absolute atomic E-state index is 0.0943. The molecule has 2 aromatic heterocycles. The molecule has 1 saturated heterocycles. The summed E-state index contributed by atoms with van der Waals surface area (Å²) in [6.45, 7) is 0.534. The maximum Gasteiger partial charge on any atom is 0.328 e. The average Bonchev–Trinajstić information content (AvgIpc) is 3.08. The van der Waals surface area contributed by atoms with E-state index in [0.29, 0.717) is 11.5 Å². The molecule has 120 valence electrons. The van der Waals surface area contributed by atoms with Crippen molar-refractivity contribution in [2.75, 3.05) is 18.5 Å². The van der Waals surface area contributed by atoms with Crippen molar-refractivity contribution in [3.8, 4) is 0 Å². The number of thiophene rings is 1. The Hall–Kier alpha value is -2.61. The minimum Gasteiger partial charge on any atom is -0.480 e. The molecule has 3 rings (SSSR count). The summed E-state index contributed by atoms with van der Waals surface area (Å²) < 4.78 is 1.57. The molecule has 1 N–H and O–H groups in total. The van der Waals surface area contributed by atoms with Gasteiger partial charge in [0.25, 0.3) is 5.56 Å². The molecule has 0 radical (unpaired) electrons. The van der Waals surface area contributed by atoms with Crippen molar-refractivity contribution in [1.82, 2.24) is 9.47 Å². The first-order valence-corrected chi connectivity index (χ1v) is 7.85. The zero-order valence-corrected chi connectivity index (χ0v) is 13.2. The fourth-order valence-electron chi connectivity index (χ4n) is 2.50. The Morgan fingerprint density at radius 3 is 2.83 bits per heavy atom. The summed E-state index contributed by atoms with van der Waals surface area (Å²) in [6, 6.07) is 5.60. The number of anilines is 1. The van der Waals surface area contributed by atoms with E-state index in [4.69, 9.17) is 5.11 Å². The van der Waals surface area contributed by atoms with Gasteiger partial charge in [-0.1, -0.05) is 6.07 Å². The summed E-state index contributed by atoms with van der Waals surface area (Å²) >= 11 is 1.36. The summed E-state index contributed by atoms with van der Waals surface area (Å²) in [5.74, 6) is -1.02. The largest absolute Gasteiger partial charge is 0.480 e. The molecular formula is C15H15N3O4S. The van der Waals surface area contributed by atoms with Crippen LogP contribution in [0.4, 0.5) is 9.80 Å². The summed E-state index contributed by atoms with van der Waals surface area (Å²) in [7, 11) is 1.49. The van der Waals surface area contributed by atoms with E-state index in [-0.39, 0.29) is 18.1 Å². The van der Waals surface area contributed by atoms with Gasteiger partial charge in [0.15, 0.2) is 0 Å². The number of pyridine rings is 1. The van der Waals surface area contributed by atoms with Gasteiger partial charge in [-0.05, 0) is 23.1 Å². The molecule has 1 aliphatic rings. The van der Waals surface area contributed by atoms with E-state index in [1.54, 1.807) is 22.9 Å². The number of aromatic nitrogens is 1. The van der Waals surface area contributed by atoms with Gasteiger partial charge < -0.3 is 14.6 Å². The number of carbonyl (C=O) groups excluding carboxylic acids is 1. The lowest BCUT2D eigenvalue weighted by Crippen LogP contribution is -2.36. The van der Waals surface area contributed by atoms with Crippen molar-refractivity contribution < 1.29 is 14.7 Å². The molecule has 0 aliphatic carbocycles. The molecule has 2 amide bonds. The molecule has 1 aliphatic heterocycles. The summed E-state index contributed by atoms with van der Waals surface area (Å²) in [6.07, 6.45) is 1.70. The van der Waals surface area contributed by atoms with Crippen LogP contribution < -0.4 is 10.5 Å². The molecule has 0 saturated carbocycles. The quantitative estimate of drug-likeness (QED) is 0.914. The molecule has 23 heavy (non-hydrogen) atoms. The third-order valence-corrected chi connectivity index (χ3v) is 4.80. The van der Waals surface area contributed by atoms with Crippen molar-refractivity contribution in [3.05, 3.63) is 51.8 Å². The lowest BCUT2D eigenvalue weighted by Gasteiger charge is -2.13. The van der Waals surface area contributed by atoms with Crippen molar-refractivity contribution in [3.63, 3.8) is 0 Å². The van der Waals surface area contributed by atoms with Crippen molar-refractivity contribution >= 4 is 28.3 Å². The number of aliphatic carboxylic acids is 1. The molecule has 3 heterocycles. The fraction of sp³-hybridized carbons (Fsp3) is 0.267. The van der Waals surface area contributed by atoms with E-state index < -0.39 is 12.0 Å². The molecule has 0 unspecified atom stereocenters. The first kappa shape index (κ1) is 15.3. The Balaban J connectivity index is 1.80. The zero-order valence-electron chi connectivity index (χ0n) is 12.4. The second-order valence-electron chi connectivity index (χ2n) is 5.32. The molecule has 0 aromatic carbocycles. The van der Waals surface area contributed by atoms with Crippen LogP contribution in [-0.2, 0) is 11.3 Å². The number of carboxylic acid groups (broad SMARTS) is 1. The van der Waals surface area contributed by atoms with E-state index in [1.807, 2.05) is 11.4 Å². The van der Waals surface area contributed by atoms with E-state index >= 15 is 0 Å². The van der Waals surface area contributed by atoms with Gasteiger partial charge in [0.1, 0.15) is 6.04 Å². The van der Waals surface area contributed by atoms with Gasteiger partial charge in [-0.3, -0.25) is 9.69 Å². The van der Waals surface area contributed by atoms with Crippen molar-refractivity contribution in [1.29, 1.82) is 0 Å². The Morgan fingerprint density at radius 1 is 1.39 bits per heavy atom. The van der Waals surface area contributed by atoms with Crippen LogP contribution in [0.1, 0.15) is 5.56 Å². The van der Waals surface area contributed by atoms with Crippen LogP contribution in [0, 0.1) is 0 Å². The number of nitrogens with zero attached hydrogens (tertiary/aromatic N) is 3. The van der Waals surface area contributed by atoms with E-state index in [0.717, 1.165) is 5.56 Å². The first-order chi connectivity index (χ1) is 11.0. The number of carboxylic acids is 1. The average molecular weight is 333 g/mol. The van der Waals surface area contributed by atoms with E-state index in [9.17, 15) is 14.4 Å². The number of carbonyl (C=O) groups is 2. The first-order valence-electron chi connectivity index (χ1n) is 6.97. The minimum atomic E-state index is -1.02. The summed E-state index contributed by atoms with van der Waals surface area (Å²) in [5, 5.41) is 11.7. The molecule has 7 nitrogen and oxygen atoms in total. The van der Waals surface area contributed by atoms with Crippen molar-refractivity contribution in [2.24, 2.45) is 0 Å². The summed E-state index contributed by atoms with van der Waals surface area (Å²) in [5.41, 5.74) is 0.802. The van der Waals surface area contributed by atoms with Crippen LogP contribution in [0.5, 0.6) is 0 Å². The second-order valence-corrected chi connectivity index (χ2v) is 6.21. The lowest BCUT2D eigenvalue weighted by molar-refractivity contribution is -0.140. The molecule has 2 aromatic rings. The number of urea groups is 1. The predicted molar refractivity (Wildman–Crippen MR) is 86.1 cm³/mol. The Kier molecular flexibility index (Phi) is 3.91. The molecular weight excluding hydrogens is 318 g/mol. The number of likely N-dealkylation sites (N-methyl/N-ethyl adjacent to an activating group) is 1. The maximum atomic E-state index is 12.2. The smallest absolute Gasteiger partial charge is 0.328 e. The van der Waals surface area contributed by atoms with Gasteiger partial charge in [0, 0.05) is 19.3 Å². The molecule has 1 fully saturated rings. The Labute approximate surface area is 136 Å². The standard InChI is InChI=1S/C15H15N3O4S/c1-16-11(14(20)21)8-18(15(16)22)13-6-10(9-23-13)7-17-5-3-2-4-12(17)19/h2-6,9,11H,7-8H2,1H3,(H,20,21)/t11-/m1/s1. The van der Waals surface area contributed by atoms with Crippen molar-refractivity contribution in [2.45, 2.75) is 12.6 Å². The van der Waals surface area contributed by atoms with Gasteiger partial charge in [0.2, 0.25) is 0 Å². The van der Waals surface area contributed by atoms with Crippen LogP contribution in [0.15, 0.2) is 40.6 Å². The van der Waals surface area contributed by atoms with Gasteiger partial charge in [-0.2, -0.15) is 0 Å². The second kappa shape index (κ2) is 5.88. The highest BCUT2D eigenvalue weighted by atomic mass is 32.1. The van der Waals surface area contributed by atoms with Crippen LogP contribution in [0.25, 0.3) is 0 Å². The van der Waals surface area contributed by atoms with Crippen LogP contribution >= 0.6 is 11.3 Å². The van der Waals surface area contributed by atoms with Crippen LogP contribution in [0.2, 0.25) is 0 Å². The predicted octanol–water partition coefficient (Wildman–Crippen LogP) is 1.28. The molecule has 0 spiro atoms. The lowest BCUT2D eigenvalue weighted by atomic mass is 10.3. The highest BCUT2D eigenvalue weighted by molar-refractivity contribution is 7.14. The normalized spacial score (nSPS) is 17.8. The Bertz CT molecular complexity index is 813. The fourth-order valence-corrected chi connectivity index (χ4v) is 3.41. The van der Waals surface area contributed by atoms with E-state index in [2.05, 4.69) is 0 Å². The topological polar surface area (TPSA) is 82.9 Å². The Morgan fingerprint density at radius 2 is 2.17 bits per heavy atom. The van der Waals surface area contributed by atoms with Gasteiger partial charge >= 0.3 is 12.0 Å². The number of amides is 2. The SMILES string of the molecule is CN1C(=O)N(c2cc(Cn3ccccc3=O)cs2)C[C@@H]1C(=O)O. The highest BCUT2D eigenvalue weighted by Gasteiger charge is 2.40. The van der Waals surface area contributed by atoms with Crippen LogP contribution in [-0.4, -0.2) is 46.2 Å². The molecule has 0 bridgehead atoms.